The summed E-state index contributed by atoms with van der Waals surface area (Å²) in [5.74, 6) is -0.165. The Hall–Kier alpha value is -3.92. The lowest BCUT2D eigenvalue weighted by molar-refractivity contribution is 0.366. The van der Waals surface area contributed by atoms with E-state index >= 15 is 0 Å². The van der Waals surface area contributed by atoms with Crippen molar-refractivity contribution in [3.8, 4) is 23.0 Å². The van der Waals surface area contributed by atoms with Crippen LogP contribution in [0.2, 0.25) is 0 Å². The minimum atomic E-state index is -1.20. The number of para-hydroxylation sites is 4. The van der Waals surface area contributed by atoms with Gasteiger partial charge < -0.3 is 20.4 Å². The van der Waals surface area contributed by atoms with Crippen molar-refractivity contribution in [3.05, 3.63) is 119 Å². The first kappa shape index (κ1) is 22.3. The van der Waals surface area contributed by atoms with E-state index in [9.17, 15) is 20.4 Å². The molecule has 0 aliphatic rings. The van der Waals surface area contributed by atoms with Crippen LogP contribution in [0.3, 0.4) is 0 Å². The van der Waals surface area contributed by atoms with Gasteiger partial charge in [-0.05, 0) is 36.2 Å². The SMILES string of the molecule is CCCC(c1ccccc1O)C(c1ccccc1O)(c1ccccc1O)c1ccccc1O. The Labute approximate surface area is 194 Å². The van der Waals surface area contributed by atoms with Crippen LogP contribution in [0.4, 0.5) is 0 Å². The van der Waals surface area contributed by atoms with Gasteiger partial charge in [0.1, 0.15) is 23.0 Å². The van der Waals surface area contributed by atoms with Crippen LogP contribution < -0.4 is 0 Å². The standard InChI is InChI=1S/C29H28O4/c1-2-11-21(20-12-3-7-16-25(20)30)29(22-13-4-8-17-26(22)31,23-14-5-9-18-27(23)32)24-15-6-10-19-28(24)33/h3-10,12-19,21,30-33H,2,11H2,1H3. The van der Waals surface area contributed by atoms with E-state index in [1.165, 1.54) is 0 Å². The van der Waals surface area contributed by atoms with Crippen molar-refractivity contribution in [2.24, 2.45) is 0 Å². The van der Waals surface area contributed by atoms with Gasteiger partial charge in [-0.1, -0.05) is 86.1 Å². The Kier molecular flexibility index (Phi) is 6.27. The van der Waals surface area contributed by atoms with Gasteiger partial charge in [0.15, 0.2) is 0 Å². The molecule has 0 radical (unpaired) electrons. The number of phenols is 4. The van der Waals surface area contributed by atoms with Gasteiger partial charge in [0.25, 0.3) is 0 Å². The third kappa shape index (κ3) is 3.78. The van der Waals surface area contributed by atoms with Gasteiger partial charge in [0.2, 0.25) is 0 Å². The van der Waals surface area contributed by atoms with Gasteiger partial charge in [-0.3, -0.25) is 0 Å². The Balaban J connectivity index is 2.24. The lowest BCUT2D eigenvalue weighted by atomic mass is 9.58. The smallest absolute Gasteiger partial charge is 0.120 e. The second-order valence-electron chi connectivity index (χ2n) is 8.26. The molecular weight excluding hydrogens is 412 g/mol. The van der Waals surface area contributed by atoms with Gasteiger partial charge in [-0.2, -0.15) is 0 Å². The van der Waals surface area contributed by atoms with E-state index in [2.05, 4.69) is 6.92 Å². The predicted molar refractivity (Wildman–Crippen MR) is 130 cm³/mol. The Morgan fingerprint density at radius 1 is 0.545 bits per heavy atom. The summed E-state index contributed by atoms with van der Waals surface area (Å²) in [5, 5.41) is 44.4. The molecule has 0 heterocycles. The minimum Gasteiger partial charge on any atom is -0.508 e. The zero-order valence-corrected chi connectivity index (χ0v) is 18.5. The number of phenolic OH excluding ortho intramolecular Hbond substituents is 4. The molecule has 4 N–H and O–H groups in total. The molecule has 168 valence electrons. The first-order valence-corrected chi connectivity index (χ1v) is 11.1. The van der Waals surface area contributed by atoms with E-state index in [1.54, 1.807) is 48.5 Å². The molecule has 1 unspecified atom stereocenters. The number of rotatable bonds is 7. The van der Waals surface area contributed by atoms with E-state index in [4.69, 9.17) is 0 Å². The fourth-order valence-corrected chi connectivity index (χ4v) is 5.10. The summed E-state index contributed by atoms with van der Waals surface area (Å²) in [5.41, 5.74) is 1.09. The molecule has 0 bridgehead atoms. The van der Waals surface area contributed by atoms with Crippen molar-refractivity contribution in [2.75, 3.05) is 0 Å². The molecule has 4 aromatic rings. The zero-order chi connectivity index (χ0) is 23.4. The van der Waals surface area contributed by atoms with Gasteiger partial charge in [0.05, 0.1) is 5.41 Å². The summed E-state index contributed by atoms with van der Waals surface area (Å²) in [6.45, 7) is 2.05. The monoisotopic (exact) mass is 440 g/mol. The second kappa shape index (κ2) is 9.29. The number of benzene rings is 4. The maximum Gasteiger partial charge on any atom is 0.120 e. The maximum atomic E-state index is 11.2. The normalized spacial score (nSPS) is 12.4. The molecule has 0 aliphatic heterocycles. The third-order valence-corrected chi connectivity index (χ3v) is 6.40. The topological polar surface area (TPSA) is 80.9 Å². The van der Waals surface area contributed by atoms with E-state index in [0.717, 1.165) is 6.42 Å². The van der Waals surface area contributed by atoms with Crippen LogP contribution >= 0.6 is 0 Å². The highest BCUT2D eigenvalue weighted by Gasteiger charge is 2.49. The average Bonchev–Trinajstić information content (AvgIpc) is 2.82. The molecular formula is C29H28O4. The van der Waals surface area contributed by atoms with Crippen LogP contribution in [-0.4, -0.2) is 20.4 Å². The molecule has 0 aliphatic carbocycles. The van der Waals surface area contributed by atoms with Gasteiger partial charge in [0, 0.05) is 22.6 Å². The first-order valence-electron chi connectivity index (χ1n) is 11.1. The molecule has 1 atom stereocenters. The lowest BCUT2D eigenvalue weighted by Crippen LogP contribution is -2.37. The Morgan fingerprint density at radius 3 is 1.27 bits per heavy atom. The van der Waals surface area contributed by atoms with Crippen LogP contribution in [0.1, 0.15) is 47.9 Å². The molecule has 4 aromatic carbocycles. The molecule has 0 saturated heterocycles. The molecule has 0 amide bonds. The highest BCUT2D eigenvalue weighted by molar-refractivity contribution is 5.64. The van der Waals surface area contributed by atoms with Crippen molar-refractivity contribution in [1.29, 1.82) is 0 Å². The van der Waals surface area contributed by atoms with Crippen LogP contribution in [-0.2, 0) is 5.41 Å². The fraction of sp³-hybridized carbons (Fsp3) is 0.172. The van der Waals surface area contributed by atoms with Crippen LogP contribution in [0.15, 0.2) is 97.1 Å². The van der Waals surface area contributed by atoms with E-state index in [-0.39, 0.29) is 23.0 Å². The largest absolute Gasteiger partial charge is 0.508 e. The van der Waals surface area contributed by atoms with Gasteiger partial charge in [-0.15, -0.1) is 0 Å². The summed E-state index contributed by atoms with van der Waals surface area (Å²) >= 11 is 0. The molecule has 4 heteroatoms. The third-order valence-electron chi connectivity index (χ3n) is 6.40. The van der Waals surface area contributed by atoms with E-state index < -0.39 is 11.3 Å². The molecule has 4 rings (SSSR count). The molecule has 0 spiro atoms. The second-order valence-corrected chi connectivity index (χ2v) is 8.26. The van der Waals surface area contributed by atoms with Crippen molar-refractivity contribution in [3.63, 3.8) is 0 Å². The molecule has 4 nitrogen and oxygen atoms in total. The highest BCUT2D eigenvalue weighted by Crippen LogP contribution is 2.58. The quantitative estimate of drug-likeness (QED) is 0.250. The van der Waals surface area contributed by atoms with Gasteiger partial charge in [-0.25, -0.2) is 0 Å². The van der Waals surface area contributed by atoms with Crippen LogP contribution in [0, 0.1) is 0 Å². The summed E-state index contributed by atoms with van der Waals surface area (Å²) in [6, 6.07) is 28.1. The average molecular weight is 441 g/mol. The van der Waals surface area contributed by atoms with Crippen LogP contribution in [0.25, 0.3) is 0 Å². The van der Waals surface area contributed by atoms with Crippen molar-refractivity contribution in [1.82, 2.24) is 0 Å². The van der Waals surface area contributed by atoms with E-state index in [1.807, 2.05) is 48.5 Å². The number of hydrogen-bond donors (Lipinski definition) is 4. The van der Waals surface area contributed by atoms with Crippen molar-refractivity contribution in [2.45, 2.75) is 31.1 Å². The minimum absolute atomic E-state index is 0.0422. The van der Waals surface area contributed by atoms with Crippen molar-refractivity contribution < 1.29 is 20.4 Å². The fourth-order valence-electron chi connectivity index (χ4n) is 5.10. The Bertz CT molecular complexity index is 1140. The summed E-state index contributed by atoms with van der Waals surface area (Å²) in [4.78, 5) is 0. The van der Waals surface area contributed by atoms with Crippen LogP contribution in [0.5, 0.6) is 23.0 Å². The highest BCUT2D eigenvalue weighted by atomic mass is 16.3. The van der Waals surface area contributed by atoms with E-state index in [0.29, 0.717) is 28.7 Å². The molecule has 0 saturated carbocycles. The summed E-state index contributed by atoms with van der Waals surface area (Å²) < 4.78 is 0. The zero-order valence-electron chi connectivity index (χ0n) is 18.5. The molecule has 33 heavy (non-hydrogen) atoms. The predicted octanol–water partition coefficient (Wildman–Crippen LogP) is 6.43. The van der Waals surface area contributed by atoms with Gasteiger partial charge >= 0.3 is 0 Å². The summed E-state index contributed by atoms with van der Waals surface area (Å²) in [7, 11) is 0. The maximum absolute atomic E-state index is 11.2. The Morgan fingerprint density at radius 2 is 0.909 bits per heavy atom. The molecule has 0 fully saturated rings. The number of aromatic hydroxyl groups is 4. The molecule has 0 aromatic heterocycles. The first-order chi connectivity index (χ1) is 16.0. The lowest BCUT2D eigenvalue weighted by Gasteiger charge is -2.44. The summed E-state index contributed by atoms with van der Waals surface area (Å²) in [6.07, 6.45) is 1.39. The van der Waals surface area contributed by atoms with Crippen molar-refractivity contribution >= 4 is 0 Å². The number of hydrogen-bond acceptors (Lipinski definition) is 4.